The number of rotatable bonds is 3. The molecule has 132 valence electrons. The summed E-state index contributed by atoms with van der Waals surface area (Å²) >= 11 is 0. The smallest absolute Gasteiger partial charge is 0.270 e. The Morgan fingerprint density at radius 2 is 2.04 bits per heavy atom. The van der Waals surface area contributed by atoms with E-state index in [1.54, 1.807) is 23.0 Å². The van der Waals surface area contributed by atoms with E-state index in [-0.39, 0.29) is 42.6 Å². The Morgan fingerprint density at radius 1 is 1.33 bits per heavy atom. The van der Waals surface area contributed by atoms with E-state index in [2.05, 4.69) is 22.5 Å². The number of halogens is 3. The van der Waals surface area contributed by atoms with Crippen LogP contribution in [0.3, 0.4) is 0 Å². The predicted molar refractivity (Wildman–Crippen MR) is 95.9 cm³/mol. The molecule has 2 N–H and O–H groups in total. The molecule has 0 spiro atoms. The highest BCUT2D eigenvalue weighted by Gasteiger charge is 2.24. The Hall–Kier alpha value is -1.63. The number of nitrogens with one attached hydrogen (secondary N) is 2. The molecule has 1 aromatic heterocycles. The van der Waals surface area contributed by atoms with E-state index >= 15 is 0 Å². The lowest BCUT2D eigenvalue weighted by Crippen LogP contribution is -2.48. The van der Waals surface area contributed by atoms with Gasteiger partial charge in [-0.15, -0.1) is 24.8 Å². The normalized spacial score (nSPS) is 19.8. The van der Waals surface area contributed by atoms with Crippen molar-refractivity contribution < 1.29 is 9.18 Å². The minimum atomic E-state index is -0.307. The lowest BCUT2D eigenvalue weighted by atomic mass is 9.95. The summed E-state index contributed by atoms with van der Waals surface area (Å²) in [5.41, 5.74) is 1.17. The maximum absolute atomic E-state index is 13.0. The molecule has 0 aliphatic carbocycles. The van der Waals surface area contributed by atoms with Crippen LogP contribution in [0.15, 0.2) is 36.8 Å². The van der Waals surface area contributed by atoms with Gasteiger partial charge in [-0.05, 0) is 49.7 Å². The first-order valence-corrected chi connectivity index (χ1v) is 7.45. The summed E-state index contributed by atoms with van der Waals surface area (Å²) in [4.78, 5) is 16.6. The van der Waals surface area contributed by atoms with E-state index < -0.39 is 0 Å². The predicted octanol–water partition coefficient (Wildman–Crippen LogP) is 2.58. The van der Waals surface area contributed by atoms with Crippen LogP contribution >= 0.6 is 24.8 Å². The van der Waals surface area contributed by atoms with Gasteiger partial charge in [-0.2, -0.15) is 0 Å². The van der Waals surface area contributed by atoms with Crippen molar-refractivity contribution in [2.75, 3.05) is 13.1 Å². The molecule has 2 heterocycles. The lowest BCUT2D eigenvalue weighted by Gasteiger charge is -2.30. The minimum Gasteiger partial charge on any atom is -0.348 e. The van der Waals surface area contributed by atoms with Gasteiger partial charge in [0.1, 0.15) is 11.5 Å². The zero-order valence-corrected chi connectivity index (χ0v) is 14.9. The summed E-state index contributed by atoms with van der Waals surface area (Å²) in [6.07, 6.45) is 4.01. The highest BCUT2D eigenvalue weighted by Crippen LogP contribution is 2.14. The summed E-state index contributed by atoms with van der Waals surface area (Å²) < 4.78 is 14.7. The molecule has 2 unspecified atom stereocenters. The average molecular weight is 375 g/mol. The second kappa shape index (κ2) is 9.01. The van der Waals surface area contributed by atoms with Gasteiger partial charge in [0.05, 0.1) is 12.5 Å². The fourth-order valence-corrected chi connectivity index (χ4v) is 2.74. The summed E-state index contributed by atoms with van der Waals surface area (Å²) in [5, 5.41) is 6.39. The first-order chi connectivity index (χ1) is 10.6. The maximum atomic E-state index is 13.0. The number of piperidine rings is 1. The Labute approximate surface area is 152 Å². The van der Waals surface area contributed by atoms with Crippen molar-refractivity contribution >= 4 is 30.7 Å². The standard InChI is InChI=1S/C16H19FN4O.2ClH/c1-11-8-18-7-6-14(11)20-16(22)15-9-19-10-21(15)13-4-2-12(17)3-5-13;;/h2-5,9-11,14,18H,6-8H2,1H3,(H,20,22);2*1H. The molecular formula is C16H21Cl2FN4O. The van der Waals surface area contributed by atoms with Crippen LogP contribution in [0.1, 0.15) is 23.8 Å². The Morgan fingerprint density at radius 3 is 2.71 bits per heavy atom. The van der Waals surface area contributed by atoms with Crippen LogP contribution < -0.4 is 10.6 Å². The molecule has 1 saturated heterocycles. The summed E-state index contributed by atoms with van der Waals surface area (Å²) in [5.74, 6) is -0.0705. The number of aromatic nitrogens is 2. The first kappa shape index (κ1) is 20.4. The first-order valence-electron chi connectivity index (χ1n) is 7.45. The topological polar surface area (TPSA) is 58.9 Å². The molecule has 1 fully saturated rings. The molecule has 0 bridgehead atoms. The number of carbonyl (C=O) groups excluding carboxylic acids is 1. The van der Waals surface area contributed by atoms with Crippen molar-refractivity contribution in [1.29, 1.82) is 0 Å². The number of hydrogen-bond acceptors (Lipinski definition) is 3. The molecule has 1 aromatic carbocycles. The van der Waals surface area contributed by atoms with Crippen molar-refractivity contribution in [2.45, 2.75) is 19.4 Å². The molecule has 8 heteroatoms. The summed E-state index contributed by atoms with van der Waals surface area (Å²) in [6, 6.07) is 6.14. The molecule has 5 nitrogen and oxygen atoms in total. The third-order valence-corrected chi connectivity index (χ3v) is 4.08. The van der Waals surface area contributed by atoms with E-state index in [0.29, 0.717) is 17.3 Å². The van der Waals surface area contributed by atoms with E-state index in [1.165, 1.54) is 18.3 Å². The molecule has 0 radical (unpaired) electrons. The molecule has 24 heavy (non-hydrogen) atoms. The molecule has 3 rings (SSSR count). The molecule has 2 atom stereocenters. The molecular weight excluding hydrogens is 354 g/mol. The SMILES string of the molecule is CC1CNCCC1NC(=O)c1cncn1-c1ccc(F)cc1.Cl.Cl. The number of hydrogen-bond donors (Lipinski definition) is 2. The second-order valence-corrected chi connectivity index (χ2v) is 5.68. The van der Waals surface area contributed by atoms with Crippen LogP contribution in [0.2, 0.25) is 0 Å². The van der Waals surface area contributed by atoms with Crippen LogP contribution in [-0.2, 0) is 0 Å². The zero-order valence-electron chi connectivity index (χ0n) is 13.2. The Bertz CT molecular complexity index is 662. The zero-order chi connectivity index (χ0) is 15.5. The molecule has 1 aliphatic heterocycles. The maximum Gasteiger partial charge on any atom is 0.270 e. The van der Waals surface area contributed by atoms with E-state index in [4.69, 9.17) is 0 Å². The van der Waals surface area contributed by atoms with Gasteiger partial charge in [-0.3, -0.25) is 9.36 Å². The van der Waals surface area contributed by atoms with Crippen LogP contribution in [0.25, 0.3) is 5.69 Å². The highest BCUT2D eigenvalue weighted by molar-refractivity contribution is 5.93. The Kier molecular flexibility index (Phi) is 7.66. The average Bonchev–Trinajstić information content (AvgIpc) is 3.00. The lowest BCUT2D eigenvalue weighted by molar-refractivity contribution is 0.0907. The molecule has 0 saturated carbocycles. The number of benzene rings is 1. The van der Waals surface area contributed by atoms with Gasteiger partial charge in [0, 0.05) is 11.7 Å². The third kappa shape index (κ3) is 4.47. The van der Waals surface area contributed by atoms with Gasteiger partial charge in [-0.25, -0.2) is 9.37 Å². The van der Waals surface area contributed by atoms with Crippen LogP contribution in [0.4, 0.5) is 4.39 Å². The Balaban J connectivity index is 0.00000144. The van der Waals surface area contributed by atoms with Gasteiger partial charge >= 0.3 is 0 Å². The van der Waals surface area contributed by atoms with Crippen LogP contribution in [0.5, 0.6) is 0 Å². The quantitative estimate of drug-likeness (QED) is 0.867. The summed E-state index contributed by atoms with van der Waals surface area (Å²) in [7, 11) is 0. The monoisotopic (exact) mass is 374 g/mol. The molecule has 2 aromatic rings. The van der Waals surface area contributed by atoms with Crippen molar-refractivity contribution in [2.24, 2.45) is 5.92 Å². The third-order valence-electron chi connectivity index (χ3n) is 4.08. The van der Waals surface area contributed by atoms with Gasteiger partial charge in [-0.1, -0.05) is 6.92 Å². The molecule has 1 amide bonds. The molecule has 1 aliphatic rings. The fourth-order valence-electron chi connectivity index (χ4n) is 2.74. The summed E-state index contributed by atoms with van der Waals surface area (Å²) in [6.45, 7) is 3.93. The minimum absolute atomic E-state index is 0. The fraction of sp³-hybridized carbons (Fsp3) is 0.375. The van der Waals surface area contributed by atoms with Crippen LogP contribution in [0, 0.1) is 11.7 Å². The second-order valence-electron chi connectivity index (χ2n) is 5.68. The number of nitrogens with zero attached hydrogens (tertiary/aromatic N) is 2. The van der Waals surface area contributed by atoms with Crippen LogP contribution in [-0.4, -0.2) is 34.6 Å². The number of carbonyl (C=O) groups is 1. The van der Waals surface area contributed by atoms with Crippen molar-refractivity contribution in [1.82, 2.24) is 20.2 Å². The highest BCUT2D eigenvalue weighted by atomic mass is 35.5. The van der Waals surface area contributed by atoms with E-state index in [0.717, 1.165) is 19.5 Å². The number of imidazole rings is 1. The van der Waals surface area contributed by atoms with Crippen molar-refractivity contribution in [3.63, 3.8) is 0 Å². The van der Waals surface area contributed by atoms with Crippen molar-refractivity contribution in [3.8, 4) is 5.69 Å². The van der Waals surface area contributed by atoms with E-state index in [1.807, 2.05) is 0 Å². The van der Waals surface area contributed by atoms with Gasteiger partial charge in [0.2, 0.25) is 0 Å². The van der Waals surface area contributed by atoms with Gasteiger partial charge in [0.15, 0.2) is 0 Å². The van der Waals surface area contributed by atoms with E-state index in [9.17, 15) is 9.18 Å². The van der Waals surface area contributed by atoms with Gasteiger partial charge in [0.25, 0.3) is 5.91 Å². The van der Waals surface area contributed by atoms with Gasteiger partial charge < -0.3 is 10.6 Å². The largest absolute Gasteiger partial charge is 0.348 e. The van der Waals surface area contributed by atoms with Crippen molar-refractivity contribution in [3.05, 3.63) is 48.3 Å². The number of amides is 1.